The van der Waals surface area contributed by atoms with Gasteiger partial charge in [-0.05, 0) is 42.1 Å². The van der Waals surface area contributed by atoms with Gasteiger partial charge in [-0.1, -0.05) is 24.3 Å². The van der Waals surface area contributed by atoms with Crippen molar-refractivity contribution < 1.29 is 23.5 Å². The van der Waals surface area contributed by atoms with Crippen molar-refractivity contribution in [1.29, 1.82) is 0 Å². The molecule has 0 unspecified atom stereocenters. The number of amides is 2. The molecule has 6 nitrogen and oxygen atoms in total. The normalized spacial score (nSPS) is 15.6. The van der Waals surface area contributed by atoms with E-state index in [0.717, 1.165) is 0 Å². The van der Waals surface area contributed by atoms with Gasteiger partial charge in [-0.2, -0.15) is 0 Å². The lowest BCUT2D eigenvalue weighted by atomic mass is 10.1. The number of hydrogen-bond acceptors (Lipinski definition) is 5. The molecule has 2 aromatic carbocycles. The first-order valence-corrected chi connectivity index (χ1v) is 8.71. The summed E-state index contributed by atoms with van der Waals surface area (Å²) >= 11 is 4.92. The molecule has 2 aromatic rings. The van der Waals surface area contributed by atoms with Crippen molar-refractivity contribution in [1.82, 2.24) is 10.2 Å². The number of likely N-dealkylation sites (N-methyl/N-ethyl adjacent to an activating group) is 1. The molecule has 1 saturated heterocycles. The molecular weight excluding hydrogens is 383 g/mol. The average molecular weight is 400 g/mol. The zero-order chi connectivity index (χ0) is 20.3. The van der Waals surface area contributed by atoms with Crippen molar-refractivity contribution in [3.8, 4) is 11.5 Å². The van der Waals surface area contributed by atoms with Crippen molar-refractivity contribution in [2.24, 2.45) is 0 Å². The lowest BCUT2D eigenvalue weighted by Crippen LogP contribution is -2.52. The van der Waals surface area contributed by atoms with Crippen LogP contribution in [0.4, 0.5) is 4.39 Å². The maximum Gasteiger partial charge on any atom is 0.265 e. The Morgan fingerprint density at radius 3 is 2.64 bits per heavy atom. The van der Waals surface area contributed by atoms with Crippen LogP contribution in [0.25, 0.3) is 6.08 Å². The van der Waals surface area contributed by atoms with E-state index in [1.165, 1.54) is 31.2 Å². The first-order valence-electron chi connectivity index (χ1n) is 8.30. The summed E-state index contributed by atoms with van der Waals surface area (Å²) in [7, 11) is 2.95. The molecule has 144 valence electrons. The predicted octanol–water partition coefficient (Wildman–Crippen LogP) is 2.67. The lowest BCUT2D eigenvalue weighted by Gasteiger charge is -2.25. The van der Waals surface area contributed by atoms with Gasteiger partial charge in [0.15, 0.2) is 16.6 Å². The van der Waals surface area contributed by atoms with Crippen molar-refractivity contribution in [2.75, 3.05) is 14.2 Å². The maximum atomic E-state index is 13.7. The number of carbonyl (C=O) groups is 2. The standard InChI is InChI=1S/C20H17FN2O4S/c1-23-19(25)14(18(24)22-20(23)28)9-12-7-8-16(17(10-12)26-2)27-11-13-5-3-4-6-15(13)21/h3-10H,11H2,1-2H3,(H,22,24,28)/b14-9+. The molecule has 0 aliphatic carbocycles. The Balaban J connectivity index is 1.83. The molecule has 0 spiro atoms. The van der Waals surface area contributed by atoms with Crippen LogP contribution in [0.3, 0.4) is 0 Å². The van der Waals surface area contributed by atoms with E-state index >= 15 is 0 Å². The minimum Gasteiger partial charge on any atom is -0.493 e. The van der Waals surface area contributed by atoms with Crippen molar-refractivity contribution in [3.05, 3.63) is 65.0 Å². The Bertz CT molecular complexity index is 990. The fraction of sp³-hybridized carbons (Fsp3) is 0.150. The Morgan fingerprint density at radius 2 is 1.93 bits per heavy atom. The Labute approximate surface area is 166 Å². The third-order valence-electron chi connectivity index (χ3n) is 4.14. The highest BCUT2D eigenvalue weighted by molar-refractivity contribution is 7.80. The number of rotatable bonds is 5. The van der Waals surface area contributed by atoms with Crippen LogP contribution in [0.1, 0.15) is 11.1 Å². The first-order chi connectivity index (χ1) is 13.4. The van der Waals surface area contributed by atoms with Gasteiger partial charge < -0.3 is 9.47 Å². The molecule has 0 radical (unpaired) electrons. The molecule has 0 saturated carbocycles. The highest BCUT2D eigenvalue weighted by Gasteiger charge is 2.30. The van der Waals surface area contributed by atoms with Gasteiger partial charge >= 0.3 is 0 Å². The van der Waals surface area contributed by atoms with Crippen LogP contribution in [-0.4, -0.2) is 36.0 Å². The summed E-state index contributed by atoms with van der Waals surface area (Å²) in [4.78, 5) is 25.5. The SMILES string of the molecule is COc1cc(/C=C2\C(=O)NC(=S)N(C)C2=O)ccc1OCc1ccccc1F. The molecule has 1 fully saturated rings. The Kier molecular flexibility index (Phi) is 5.70. The molecule has 28 heavy (non-hydrogen) atoms. The molecule has 2 amide bonds. The third kappa shape index (κ3) is 4.01. The second-order valence-corrected chi connectivity index (χ2v) is 6.36. The molecule has 3 rings (SSSR count). The number of hydrogen-bond donors (Lipinski definition) is 1. The average Bonchev–Trinajstić information content (AvgIpc) is 2.69. The lowest BCUT2D eigenvalue weighted by molar-refractivity contribution is -0.128. The van der Waals surface area contributed by atoms with E-state index in [2.05, 4.69) is 5.32 Å². The van der Waals surface area contributed by atoms with Gasteiger partial charge in [0.1, 0.15) is 18.0 Å². The van der Waals surface area contributed by atoms with Crippen molar-refractivity contribution in [2.45, 2.75) is 6.61 Å². The number of carbonyl (C=O) groups excluding carboxylic acids is 2. The number of benzene rings is 2. The van der Waals surface area contributed by atoms with Gasteiger partial charge in [0.05, 0.1) is 7.11 Å². The van der Waals surface area contributed by atoms with E-state index in [-0.39, 0.29) is 23.1 Å². The topological polar surface area (TPSA) is 67.9 Å². The Morgan fingerprint density at radius 1 is 1.18 bits per heavy atom. The van der Waals surface area contributed by atoms with Gasteiger partial charge in [0.25, 0.3) is 11.8 Å². The third-order valence-corrected chi connectivity index (χ3v) is 4.52. The van der Waals surface area contributed by atoms with E-state index in [0.29, 0.717) is 22.6 Å². The van der Waals surface area contributed by atoms with Crippen LogP contribution in [0.2, 0.25) is 0 Å². The summed E-state index contributed by atoms with van der Waals surface area (Å²) in [6.45, 7) is 0.0343. The minimum absolute atomic E-state index is 0.0343. The van der Waals surface area contributed by atoms with Crippen LogP contribution < -0.4 is 14.8 Å². The summed E-state index contributed by atoms with van der Waals surface area (Å²) in [6, 6.07) is 11.2. The number of ether oxygens (including phenoxy) is 2. The summed E-state index contributed by atoms with van der Waals surface area (Å²) in [6.07, 6.45) is 1.44. The molecule has 1 aliphatic rings. The van der Waals surface area contributed by atoms with Crippen LogP contribution >= 0.6 is 12.2 Å². The predicted molar refractivity (Wildman–Crippen MR) is 105 cm³/mol. The summed E-state index contributed by atoms with van der Waals surface area (Å²) < 4.78 is 24.7. The van der Waals surface area contributed by atoms with Crippen LogP contribution in [0.15, 0.2) is 48.0 Å². The quantitative estimate of drug-likeness (QED) is 0.475. The van der Waals surface area contributed by atoms with Crippen molar-refractivity contribution in [3.63, 3.8) is 0 Å². The molecule has 0 aromatic heterocycles. The number of thiocarbonyl (C=S) groups is 1. The minimum atomic E-state index is -0.563. The number of halogens is 1. The van der Waals surface area contributed by atoms with E-state index in [4.69, 9.17) is 21.7 Å². The number of methoxy groups -OCH3 is 1. The van der Waals surface area contributed by atoms with Gasteiger partial charge in [-0.15, -0.1) is 0 Å². The van der Waals surface area contributed by atoms with Crippen LogP contribution in [-0.2, 0) is 16.2 Å². The second kappa shape index (κ2) is 8.18. The summed E-state index contributed by atoms with van der Waals surface area (Å²) in [5, 5.41) is 2.51. The first kappa shape index (κ1) is 19.5. The molecule has 0 bridgehead atoms. The molecule has 0 atom stereocenters. The van der Waals surface area contributed by atoms with E-state index in [1.807, 2.05) is 0 Å². The Hall–Kier alpha value is -3.26. The summed E-state index contributed by atoms with van der Waals surface area (Å²) in [5.41, 5.74) is 0.937. The molecule has 1 N–H and O–H groups in total. The van der Waals surface area contributed by atoms with Gasteiger partial charge in [0.2, 0.25) is 0 Å². The molecule has 1 aliphatic heterocycles. The zero-order valence-corrected chi connectivity index (χ0v) is 16.0. The molecule has 8 heteroatoms. The van der Waals surface area contributed by atoms with Crippen LogP contribution in [0, 0.1) is 5.82 Å². The van der Waals surface area contributed by atoms with Crippen molar-refractivity contribution >= 4 is 35.2 Å². The second-order valence-electron chi connectivity index (χ2n) is 5.97. The van der Waals surface area contributed by atoms with E-state index in [1.54, 1.807) is 36.4 Å². The van der Waals surface area contributed by atoms with E-state index < -0.39 is 11.8 Å². The summed E-state index contributed by atoms with van der Waals surface area (Å²) in [5.74, 6) is -0.616. The maximum absolute atomic E-state index is 13.7. The highest BCUT2D eigenvalue weighted by Crippen LogP contribution is 2.30. The van der Waals surface area contributed by atoms with Gasteiger partial charge in [-0.3, -0.25) is 19.8 Å². The number of nitrogens with zero attached hydrogens (tertiary/aromatic N) is 1. The largest absolute Gasteiger partial charge is 0.493 e. The molecule has 1 heterocycles. The zero-order valence-electron chi connectivity index (χ0n) is 15.2. The smallest absolute Gasteiger partial charge is 0.265 e. The molecular formula is C20H17FN2O4S. The van der Waals surface area contributed by atoms with E-state index in [9.17, 15) is 14.0 Å². The number of nitrogens with one attached hydrogen (secondary N) is 1. The van der Waals surface area contributed by atoms with Gasteiger partial charge in [0, 0.05) is 12.6 Å². The van der Waals surface area contributed by atoms with Gasteiger partial charge in [-0.25, -0.2) is 4.39 Å². The fourth-order valence-corrected chi connectivity index (χ4v) is 2.75. The monoisotopic (exact) mass is 400 g/mol. The van der Waals surface area contributed by atoms with Crippen LogP contribution in [0.5, 0.6) is 11.5 Å². The fourth-order valence-electron chi connectivity index (χ4n) is 2.58. The highest BCUT2D eigenvalue weighted by atomic mass is 32.1.